The number of benzene rings is 1. The van der Waals surface area contributed by atoms with E-state index in [1.54, 1.807) is 26.0 Å². The lowest BCUT2D eigenvalue weighted by Crippen LogP contribution is -2.30. The number of sulfonamides is 1. The highest BCUT2D eigenvalue weighted by Crippen LogP contribution is 2.29. The molecule has 7 heteroatoms. The van der Waals surface area contributed by atoms with Gasteiger partial charge in [0.05, 0.1) is 10.6 Å². The van der Waals surface area contributed by atoms with Crippen LogP contribution in [0.1, 0.15) is 20.8 Å². The predicted molar refractivity (Wildman–Crippen MR) is 82.6 cm³/mol. The van der Waals surface area contributed by atoms with E-state index in [1.807, 2.05) is 6.26 Å². The highest BCUT2D eigenvalue weighted by atomic mass is 32.2. The van der Waals surface area contributed by atoms with Crippen molar-refractivity contribution in [3.8, 4) is 0 Å². The van der Waals surface area contributed by atoms with Crippen LogP contribution in [0.2, 0.25) is 0 Å². The maximum atomic E-state index is 12.4. The van der Waals surface area contributed by atoms with Gasteiger partial charge in [-0.25, -0.2) is 8.42 Å². The molecule has 0 atom stereocenters. The van der Waals surface area contributed by atoms with Crippen LogP contribution in [0.4, 0.5) is 5.69 Å². The summed E-state index contributed by atoms with van der Waals surface area (Å²) in [5.41, 5.74) is 0.526. The molecule has 0 heterocycles. The zero-order valence-corrected chi connectivity index (χ0v) is 13.8. The number of hydrogen-bond donors (Lipinski definition) is 1. The van der Waals surface area contributed by atoms with Crippen molar-refractivity contribution in [2.75, 3.05) is 24.7 Å². The Morgan fingerprint density at radius 1 is 1.30 bits per heavy atom. The second-order valence-corrected chi connectivity index (χ2v) is 6.92. The fraction of sp³-hybridized carbons (Fsp3) is 0.462. The number of nitrogens with one attached hydrogen (secondary N) is 1. The molecule has 1 aromatic carbocycles. The van der Waals surface area contributed by atoms with Gasteiger partial charge in [0, 0.05) is 24.9 Å². The minimum Gasteiger partial charge on any atom is -0.325 e. The van der Waals surface area contributed by atoms with E-state index in [-0.39, 0.29) is 10.8 Å². The summed E-state index contributed by atoms with van der Waals surface area (Å²) in [6, 6.07) is 4.80. The summed E-state index contributed by atoms with van der Waals surface area (Å²) in [5.74, 6) is -0.224. The molecule has 0 radical (unpaired) electrons. The van der Waals surface area contributed by atoms with Crippen molar-refractivity contribution >= 4 is 33.4 Å². The molecule has 0 unspecified atom stereocenters. The lowest BCUT2D eigenvalue weighted by atomic mass is 10.3. The Morgan fingerprint density at radius 3 is 2.35 bits per heavy atom. The van der Waals surface area contributed by atoms with Crippen LogP contribution in [0.5, 0.6) is 0 Å². The van der Waals surface area contributed by atoms with Crippen LogP contribution in [-0.4, -0.2) is 38.0 Å². The molecule has 0 bridgehead atoms. The first-order chi connectivity index (χ1) is 9.36. The SMILES string of the molecule is CCN(CC)S(=O)(=O)c1ccc(SC)c(NC(C)=O)c1. The van der Waals surface area contributed by atoms with Crippen molar-refractivity contribution in [2.24, 2.45) is 0 Å². The minimum absolute atomic E-state index is 0.197. The van der Waals surface area contributed by atoms with Gasteiger partial charge >= 0.3 is 0 Å². The maximum absolute atomic E-state index is 12.4. The van der Waals surface area contributed by atoms with E-state index in [2.05, 4.69) is 5.32 Å². The quantitative estimate of drug-likeness (QED) is 0.818. The van der Waals surface area contributed by atoms with Gasteiger partial charge in [0.2, 0.25) is 15.9 Å². The maximum Gasteiger partial charge on any atom is 0.243 e. The van der Waals surface area contributed by atoms with Crippen LogP contribution in [0.25, 0.3) is 0 Å². The third kappa shape index (κ3) is 3.74. The lowest BCUT2D eigenvalue weighted by Gasteiger charge is -2.19. The Morgan fingerprint density at radius 2 is 1.90 bits per heavy atom. The Balaban J connectivity index is 3.30. The molecule has 0 aromatic heterocycles. The molecular formula is C13H20N2O3S2. The van der Waals surface area contributed by atoms with Gasteiger partial charge in [0.1, 0.15) is 0 Å². The van der Waals surface area contributed by atoms with Crippen molar-refractivity contribution in [3.05, 3.63) is 18.2 Å². The van der Waals surface area contributed by atoms with Crippen LogP contribution in [-0.2, 0) is 14.8 Å². The largest absolute Gasteiger partial charge is 0.325 e. The van der Waals surface area contributed by atoms with Gasteiger partial charge in [0.15, 0.2) is 0 Å². The molecule has 1 aromatic rings. The molecule has 5 nitrogen and oxygen atoms in total. The fourth-order valence-corrected chi connectivity index (χ4v) is 3.87. The molecule has 0 aliphatic rings. The Kier molecular flexibility index (Phi) is 6.04. The van der Waals surface area contributed by atoms with Crippen molar-refractivity contribution < 1.29 is 13.2 Å². The fourth-order valence-electron chi connectivity index (χ4n) is 1.85. The lowest BCUT2D eigenvalue weighted by molar-refractivity contribution is -0.114. The number of rotatable bonds is 6. The van der Waals surface area contributed by atoms with Gasteiger partial charge < -0.3 is 5.32 Å². The van der Waals surface area contributed by atoms with Crippen LogP contribution in [0.3, 0.4) is 0 Å². The molecule has 0 aliphatic carbocycles. The number of anilines is 1. The van der Waals surface area contributed by atoms with Crippen molar-refractivity contribution in [2.45, 2.75) is 30.6 Å². The third-order valence-corrected chi connectivity index (χ3v) is 5.67. The highest BCUT2D eigenvalue weighted by Gasteiger charge is 2.22. The first-order valence-electron chi connectivity index (χ1n) is 6.32. The summed E-state index contributed by atoms with van der Waals surface area (Å²) in [6.07, 6.45) is 1.87. The average Bonchev–Trinajstić information content (AvgIpc) is 2.39. The summed E-state index contributed by atoms with van der Waals surface area (Å²) < 4.78 is 26.3. The summed E-state index contributed by atoms with van der Waals surface area (Å²) in [7, 11) is -3.51. The zero-order valence-electron chi connectivity index (χ0n) is 12.1. The molecule has 0 aliphatic heterocycles. The summed E-state index contributed by atoms with van der Waals surface area (Å²) in [6.45, 7) is 5.82. The van der Waals surface area contributed by atoms with Gasteiger partial charge in [0.25, 0.3) is 0 Å². The standard InChI is InChI=1S/C13H20N2O3S2/c1-5-15(6-2)20(17,18)11-7-8-13(19-4)12(9-11)14-10(3)16/h7-9H,5-6H2,1-4H3,(H,14,16). The molecule has 1 amide bonds. The van der Waals surface area contributed by atoms with E-state index >= 15 is 0 Å². The second kappa shape index (κ2) is 7.10. The molecule has 0 spiro atoms. The number of thioether (sulfide) groups is 1. The Bertz CT molecular complexity index is 581. The van der Waals surface area contributed by atoms with E-state index in [4.69, 9.17) is 0 Å². The number of amides is 1. The molecule has 112 valence electrons. The van der Waals surface area contributed by atoms with E-state index in [0.29, 0.717) is 18.8 Å². The number of carbonyl (C=O) groups excluding carboxylic acids is 1. The van der Waals surface area contributed by atoms with Crippen molar-refractivity contribution in [1.82, 2.24) is 4.31 Å². The molecule has 0 fully saturated rings. The topological polar surface area (TPSA) is 66.5 Å². The Hall–Kier alpha value is -1.05. The van der Waals surface area contributed by atoms with Crippen molar-refractivity contribution in [3.63, 3.8) is 0 Å². The predicted octanol–water partition coefficient (Wildman–Crippen LogP) is 2.40. The van der Waals surface area contributed by atoms with Crippen LogP contribution in [0, 0.1) is 0 Å². The van der Waals surface area contributed by atoms with Crippen LogP contribution in [0.15, 0.2) is 28.0 Å². The number of nitrogens with zero attached hydrogens (tertiary/aromatic N) is 1. The monoisotopic (exact) mass is 316 g/mol. The van der Waals surface area contributed by atoms with E-state index in [0.717, 1.165) is 4.90 Å². The number of carbonyl (C=O) groups is 1. The van der Waals surface area contributed by atoms with Gasteiger partial charge in [-0.05, 0) is 24.5 Å². The molecule has 1 N–H and O–H groups in total. The summed E-state index contributed by atoms with van der Waals surface area (Å²) >= 11 is 1.45. The van der Waals surface area contributed by atoms with Gasteiger partial charge in [-0.2, -0.15) is 4.31 Å². The van der Waals surface area contributed by atoms with Crippen LogP contribution < -0.4 is 5.32 Å². The molecule has 1 rings (SSSR count). The third-order valence-electron chi connectivity index (χ3n) is 2.82. The van der Waals surface area contributed by atoms with Crippen LogP contribution >= 0.6 is 11.8 Å². The molecule has 0 saturated heterocycles. The smallest absolute Gasteiger partial charge is 0.243 e. The first-order valence-corrected chi connectivity index (χ1v) is 8.99. The molecule has 20 heavy (non-hydrogen) atoms. The summed E-state index contributed by atoms with van der Waals surface area (Å²) in [4.78, 5) is 12.2. The zero-order chi connectivity index (χ0) is 15.3. The number of hydrogen-bond acceptors (Lipinski definition) is 4. The molecule has 0 saturated carbocycles. The normalized spacial score (nSPS) is 11.7. The highest BCUT2D eigenvalue weighted by molar-refractivity contribution is 7.98. The molecular weight excluding hydrogens is 296 g/mol. The van der Waals surface area contributed by atoms with Gasteiger partial charge in [-0.1, -0.05) is 13.8 Å². The van der Waals surface area contributed by atoms with Gasteiger partial charge in [-0.3, -0.25) is 4.79 Å². The van der Waals surface area contributed by atoms with Crippen molar-refractivity contribution in [1.29, 1.82) is 0 Å². The van der Waals surface area contributed by atoms with E-state index in [1.165, 1.54) is 29.1 Å². The van der Waals surface area contributed by atoms with E-state index in [9.17, 15) is 13.2 Å². The van der Waals surface area contributed by atoms with E-state index < -0.39 is 10.0 Å². The summed E-state index contributed by atoms with van der Waals surface area (Å²) in [5, 5.41) is 2.67. The first kappa shape index (κ1) is 17.0. The minimum atomic E-state index is -3.51. The second-order valence-electron chi connectivity index (χ2n) is 4.13. The Labute approximate surface area is 124 Å². The average molecular weight is 316 g/mol. The van der Waals surface area contributed by atoms with Gasteiger partial charge in [-0.15, -0.1) is 11.8 Å².